The lowest BCUT2D eigenvalue weighted by Gasteiger charge is -2.35. The average molecular weight is 423 g/mol. The van der Waals surface area contributed by atoms with Crippen molar-refractivity contribution in [3.05, 3.63) is 57.6 Å². The highest BCUT2D eigenvalue weighted by molar-refractivity contribution is 5.53. The van der Waals surface area contributed by atoms with Gasteiger partial charge in [0.05, 0.1) is 0 Å². The van der Waals surface area contributed by atoms with Gasteiger partial charge in [0.2, 0.25) is 0 Å². The molecule has 0 unspecified atom stereocenters. The number of hydrogen-bond donors (Lipinski definition) is 0. The Hall–Kier alpha value is -1.96. The molecule has 0 aliphatic carbocycles. The van der Waals surface area contributed by atoms with E-state index in [0.717, 1.165) is 33.4 Å². The summed E-state index contributed by atoms with van der Waals surface area (Å²) in [6, 6.07) is 8.32. The molecule has 2 rings (SSSR count). The Balaban J connectivity index is 2.73. The Bertz CT molecular complexity index is 803. The molecule has 2 aromatic rings. The molecule has 0 heterocycles. The van der Waals surface area contributed by atoms with Crippen molar-refractivity contribution in [2.75, 3.05) is 0 Å². The first-order chi connectivity index (χ1) is 13.7. The summed E-state index contributed by atoms with van der Waals surface area (Å²) in [4.78, 5) is 0. The summed E-state index contributed by atoms with van der Waals surface area (Å²) in [5.74, 6) is 0.314. The third kappa shape index (κ3) is 5.64. The molecule has 31 heavy (non-hydrogen) atoms. The Labute approximate surface area is 190 Å². The van der Waals surface area contributed by atoms with Crippen LogP contribution in [-0.4, -0.2) is 0 Å². The van der Waals surface area contributed by atoms with E-state index in [2.05, 4.69) is 107 Å². The van der Waals surface area contributed by atoms with Crippen LogP contribution in [0.25, 0.3) is 0 Å². The number of hydrogen-bond acceptors (Lipinski definition) is 2. The van der Waals surface area contributed by atoms with E-state index in [4.69, 9.17) is 0 Å². The van der Waals surface area contributed by atoms with Crippen molar-refractivity contribution in [3.63, 3.8) is 0 Å². The summed E-state index contributed by atoms with van der Waals surface area (Å²) in [5, 5.41) is 26.5. The third-order valence-corrected chi connectivity index (χ3v) is 5.94. The lowest BCUT2D eigenvalue weighted by atomic mass is 9.76. The van der Waals surface area contributed by atoms with Gasteiger partial charge in [0.1, 0.15) is 0 Å². The Morgan fingerprint density at radius 2 is 0.645 bits per heavy atom. The van der Waals surface area contributed by atoms with E-state index in [1.165, 1.54) is 0 Å². The first-order valence-corrected chi connectivity index (χ1v) is 11.4. The van der Waals surface area contributed by atoms with Crippen molar-refractivity contribution in [1.29, 1.82) is 0 Å². The molecule has 2 nitrogen and oxygen atoms in total. The fraction of sp³-hybridized carbons (Fsp3) is 0.586. The van der Waals surface area contributed by atoms with Crippen molar-refractivity contribution < 1.29 is 10.2 Å². The van der Waals surface area contributed by atoms with Gasteiger partial charge in [-0.15, -0.1) is 11.5 Å². The van der Waals surface area contributed by atoms with Crippen LogP contribution in [0.5, 0.6) is 11.5 Å². The average Bonchev–Trinajstić information content (AvgIpc) is 2.53. The number of rotatable bonds is 2. The highest BCUT2D eigenvalue weighted by Gasteiger charge is 2.24. The molecule has 0 radical (unpaired) electrons. The quantitative estimate of drug-likeness (QED) is 0.546. The molecule has 0 aliphatic heterocycles. The minimum atomic E-state index is -0.223. The molecule has 0 saturated carbocycles. The molecule has 0 amide bonds. The molecule has 0 N–H and O–H groups in total. The molecular formula is C29H42O2-2. The smallest absolute Gasteiger partial charge is 0.00254 e. The summed E-state index contributed by atoms with van der Waals surface area (Å²) in [5.41, 5.74) is 4.83. The fourth-order valence-corrected chi connectivity index (χ4v) is 4.05. The fourth-order valence-electron chi connectivity index (χ4n) is 4.05. The minimum absolute atomic E-state index is 0.157. The van der Waals surface area contributed by atoms with Crippen LogP contribution in [0.4, 0.5) is 0 Å². The van der Waals surface area contributed by atoms with Gasteiger partial charge in [0, 0.05) is 0 Å². The zero-order chi connectivity index (χ0) is 24.2. The molecular weight excluding hydrogens is 380 g/mol. The lowest BCUT2D eigenvalue weighted by Crippen LogP contribution is -2.22. The van der Waals surface area contributed by atoms with E-state index in [1.807, 2.05) is 0 Å². The first kappa shape index (κ1) is 25.3. The third-order valence-electron chi connectivity index (χ3n) is 5.94. The second kappa shape index (κ2) is 7.87. The number of benzene rings is 2. The van der Waals surface area contributed by atoms with Crippen LogP contribution >= 0.6 is 0 Å². The monoisotopic (exact) mass is 422 g/mol. The molecule has 0 atom stereocenters. The zero-order valence-electron chi connectivity index (χ0n) is 21.8. The highest BCUT2D eigenvalue weighted by atomic mass is 16.3. The second-order valence-corrected chi connectivity index (χ2v) is 13.2. The molecule has 0 aliphatic rings. The topological polar surface area (TPSA) is 46.1 Å². The standard InChI is InChI=1S/C29H44O2/c1-26(2,3)20-14-18(15-21(24(20)30)27(4,5)6)13-19-16-22(28(7,8)9)25(31)23(17-19)29(10,11)12/h14-17,30-31H,13H2,1-12H3/p-2. The van der Waals surface area contributed by atoms with Gasteiger partial charge in [-0.05, 0) is 61.5 Å². The zero-order valence-corrected chi connectivity index (χ0v) is 21.8. The predicted molar refractivity (Wildman–Crippen MR) is 129 cm³/mol. The predicted octanol–water partition coefficient (Wildman–Crippen LogP) is 6.61. The molecule has 0 aromatic heterocycles. The lowest BCUT2D eigenvalue weighted by molar-refractivity contribution is -0.272. The normalized spacial score (nSPS) is 13.5. The van der Waals surface area contributed by atoms with Crippen LogP contribution < -0.4 is 10.2 Å². The summed E-state index contributed by atoms with van der Waals surface area (Å²) >= 11 is 0. The molecule has 0 fully saturated rings. The van der Waals surface area contributed by atoms with Gasteiger partial charge >= 0.3 is 0 Å². The van der Waals surface area contributed by atoms with Crippen LogP contribution in [0.15, 0.2) is 24.3 Å². The van der Waals surface area contributed by atoms with E-state index in [1.54, 1.807) is 0 Å². The minimum Gasteiger partial charge on any atom is -0.872 e. The van der Waals surface area contributed by atoms with Crippen molar-refractivity contribution in [2.24, 2.45) is 0 Å². The van der Waals surface area contributed by atoms with Gasteiger partial charge in [-0.25, -0.2) is 0 Å². The highest BCUT2D eigenvalue weighted by Crippen LogP contribution is 2.41. The molecule has 2 heteroatoms. The Morgan fingerprint density at radius 1 is 0.452 bits per heavy atom. The molecule has 2 aromatic carbocycles. The summed E-state index contributed by atoms with van der Waals surface area (Å²) in [7, 11) is 0. The molecule has 0 bridgehead atoms. The van der Waals surface area contributed by atoms with Crippen molar-refractivity contribution in [1.82, 2.24) is 0 Å². The van der Waals surface area contributed by atoms with Crippen LogP contribution in [0.3, 0.4) is 0 Å². The van der Waals surface area contributed by atoms with Crippen molar-refractivity contribution in [3.8, 4) is 11.5 Å². The van der Waals surface area contributed by atoms with Crippen LogP contribution in [0.2, 0.25) is 0 Å². The summed E-state index contributed by atoms with van der Waals surface area (Å²) < 4.78 is 0. The van der Waals surface area contributed by atoms with Gasteiger partial charge < -0.3 is 10.2 Å². The Kier molecular flexibility index (Phi) is 6.42. The summed E-state index contributed by atoms with van der Waals surface area (Å²) in [6.07, 6.45) is 0.707. The van der Waals surface area contributed by atoms with E-state index < -0.39 is 0 Å². The summed E-state index contributed by atoms with van der Waals surface area (Å²) in [6.45, 7) is 25.2. The maximum Gasteiger partial charge on any atom is -0.00254 e. The van der Waals surface area contributed by atoms with E-state index in [-0.39, 0.29) is 33.2 Å². The van der Waals surface area contributed by atoms with E-state index in [0.29, 0.717) is 6.42 Å². The first-order valence-electron chi connectivity index (χ1n) is 11.4. The maximum atomic E-state index is 13.2. The van der Waals surface area contributed by atoms with Gasteiger partial charge in [0.15, 0.2) is 0 Å². The van der Waals surface area contributed by atoms with Crippen molar-refractivity contribution >= 4 is 0 Å². The molecule has 0 saturated heterocycles. The SMILES string of the molecule is CC(C)(C)c1cc(Cc2cc(C(C)(C)C)c([O-])c(C(C)(C)C)c2)cc(C(C)(C)C)c1[O-]. The maximum absolute atomic E-state index is 13.2. The Morgan fingerprint density at radius 3 is 0.806 bits per heavy atom. The largest absolute Gasteiger partial charge is 0.872 e. The van der Waals surface area contributed by atoms with Gasteiger partial charge in [-0.3, -0.25) is 0 Å². The van der Waals surface area contributed by atoms with Crippen LogP contribution in [0.1, 0.15) is 116 Å². The molecule has 172 valence electrons. The van der Waals surface area contributed by atoms with Crippen molar-refractivity contribution in [2.45, 2.75) is 111 Å². The van der Waals surface area contributed by atoms with E-state index >= 15 is 0 Å². The van der Waals surface area contributed by atoms with E-state index in [9.17, 15) is 10.2 Å². The van der Waals surface area contributed by atoms with Crippen LogP contribution in [-0.2, 0) is 28.1 Å². The van der Waals surface area contributed by atoms with Crippen LogP contribution in [0, 0.1) is 0 Å². The second-order valence-electron chi connectivity index (χ2n) is 13.2. The van der Waals surface area contributed by atoms with Gasteiger partial charge in [-0.1, -0.05) is 107 Å². The molecule has 0 spiro atoms. The van der Waals surface area contributed by atoms with Gasteiger partial charge in [-0.2, -0.15) is 0 Å². The van der Waals surface area contributed by atoms with Gasteiger partial charge in [0.25, 0.3) is 0 Å².